The zero-order valence-electron chi connectivity index (χ0n) is 17.5. The Kier molecular flexibility index (Phi) is 8.11. The summed E-state index contributed by atoms with van der Waals surface area (Å²) in [4.78, 5) is 16.8. The molecule has 0 unspecified atom stereocenters. The number of hydrogen-bond donors (Lipinski definition) is 0. The number of benzene rings is 1. The van der Waals surface area contributed by atoms with E-state index >= 15 is 0 Å². The summed E-state index contributed by atoms with van der Waals surface area (Å²) in [5, 5.41) is 0.166. The highest BCUT2D eigenvalue weighted by Crippen LogP contribution is 2.26. The predicted octanol–water partition coefficient (Wildman–Crippen LogP) is 1.30. The lowest BCUT2D eigenvalue weighted by Gasteiger charge is -2.42. The number of nitrogens with zero attached hydrogens (tertiary/aromatic N) is 3. The van der Waals surface area contributed by atoms with Crippen molar-refractivity contribution in [3.63, 3.8) is 0 Å². The molecule has 1 atom stereocenters. The molecular weight excluding hydrogens is 430 g/mol. The number of rotatable bonds is 9. The fourth-order valence-electron chi connectivity index (χ4n) is 3.60. The van der Waals surface area contributed by atoms with Crippen molar-refractivity contribution in [3.05, 3.63) is 29.3 Å². The van der Waals surface area contributed by atoms with E-state index in [-0.39, 0.29) is 41.6 Å². The smallest absolute Gasteiger partial charge is 0.253 e. The first-order valence-corrected chi connectivity index (χ1v) is 12.2. The average molecular weight is 460 g/mol. The van der Waals surface area contributed by atoms with Crippen molar-refractivity contribution in [2.45, 2.75) is 31.0 Å². The maximum absolute atomic E-state index is 12.9. The van der Waals surface area contributed by atoms with Crippen LogP contribution in [-0.4, -0.2) is 99.7 Å². The Morgan fingerprint density at radius 3 is 2.60 bits per heavy atom. The van der Waals surface area contributed by atoms with E-state index in [2.05, 4.69) is 18.7 Å². The van der Waals surface area contributed by atoms with Crippen LogP contribution >= 0.6 is 11.6 Å². The summed E-state index contributed by atoms with van der Waals surface area (Å²) in [6.45, 7) is 9.07. The Balaban J connectivity index is 1.50. The third kappa shape index (κ3) is 5.33. The lowest BCUT2D eigenvalue weighted by atomic mass is 10.1. The zero-order valence-corrected chi connectivity index (χ0v) is 19.1. The van der Waals surface area contributed by atoms with E-state index in [1.54, 1.807) is 17.0 Å². The van der Waals surface area contributed by atoms with Gasteiger partial charge in [-0.25, -0.2) is 8.42 Å². The number of likely N-dealkylation sites (tertiary alicyclic amines) is 1. The molecule has 0 spiro atoms. The van der Waals surface area contributed by atoms with Gasteiger partial charge in [0.1, 0.15) is 11.0 Å². The Hall–Kier alpha value is -1.23. The molecule has 0 aliphatic carbocycles. The van der Waals surface area contributed by atoms with Gasteiger partial charge in [-0.05, 0) is 25.2 Å². The number of hydrogen-bond acceptors (Lipinski definition) is 6. The van der Waals surface area contributed by atoms with Crippen LogP contribution in [0, 0.1) is 0 Å². The molecule has 0 saturated carbocycles. The number of sulfonamides is 1. The van der Waals surface area contributed by atoms with Crippen LogP contribution in [0.4, 0.5) is 0 Å². The van der Waals surface area contributed by atoms with Gasteiger partial charge in [-0.2, -0.15) is 4.31 Å². The van der Waals surface area contributed by atoms with Crippen molar-refractivity contribution in [2.75, 3.05) is 59.0 Å². The van der Waals surface area contributed by atoms with Gasteiger partial charge in [0.25, 0.3) is 5.91 Å². The fourth-order valence-corrected chi connectivity index (χ4v) is 5.52. The fraction of sp³-hybridized carbons (Fsp3) is 0.650. The van der Waals surface area contributed by atoms with Gasteiger partial charge in [0.2, 0.25) is 10.0 Å². The van der Waals surface area contributed by atoms with Crippen molar-refractivity contribution in [3.8, 4) is 0 Å². The Bertz CT molecular complexity index is 827. The first-order chi connectivity index (χ1) is 14.4. The topological polar surface area (TPSA) is 79.4 Å². The van der Waals surface area contributed by atoms with E-state index < -0.39 is 16.1 Å². The van der Waals surface area contributed by atoms with Crippen LogP contribution in [0.3, 0.4) is 0 Å². The molecule has 2 aliphatic heterocycles. The van der Waals surface area contributed by atoms with E-state index in [9.17, 15) is 13.2 Å². The van der Waals surface area contributed by atoms with Crippen LogP contribution in [0.25, 0.3) is 0 Å². The average Bonchev–Trinajstić information content (AvgIpc) is 2.72. The SMILES string of the molecule is CCN(CC)CCOC1CN(C(=O)[C@H]2CN(S(=O)(=O)c3ccccc3Cl)CCO2)C1. The lowest BCUT2D eigenvalue weighted by Crippen LogP contribution is -2.60. The van der Waals surface area contributed by atoms with Crippen LogP contribution < -0.4 is 0 Å². The second-order valence-electron chi connectivity index (χ2n) is 7.42. The molecule has 1 aromatic rings. The Labute approximate surface area is 183 Å². The van der Waals surface area contributed by atoms with Gasteiger partial charge >= 0.3 is 0 Å². The highest BCUT2D eigenvalue weighted by Gasteiger charge is 2.40. The van der Waals surface area contributed by atoms with Crippen LogP contribution in [0.5, 0.6) is 0 Å². The van der Waals surface area contributed by atoms with Gasteiger partial charge < -0.3 is 19.3 Å². The molecule has 8 nitrogen and oxygen atoms in total. The minimum atomic E-state index is -3.79. The molecule has 1 aromatic carbocycles. The maximum Gasteiger partial charge on any atom is 0.253 e. The first kappa shape index (κ1) is 23.4. The van der Waals surface area contributed by atoms with Crippen molar-refractivity contribution < 1.29 is 22.7 Å². The Morgan fingerprint density at radius 1 is 1.23 bits per heavy atom. The third-order valence-corrected chi connectivity index (χ3v) is 7.94. The van der Waals surface area contributed by atoms with Crippen LogP contribution in [0.15, 0.2) is 29.2 Å². The van der Waals surface area contributed by atoms with E-state index in [4.69, 9.17) is 21.1 Å². The van der Waals surface area contributed by atoms with Crippen LogP contribution in [0.2, 0.25) is 5.02 Å². The molecule has 10 heteroatoms. The maximum atomic E-state index is 12.9. The van der Waals surface area contributed by atoms with Gasteiger partial charge in [0, 0.05) is 32.7 Å². The van der Waals surface area contributed by atoms with Gasteiger partial charge in [-0.15, -0.1) is 0 Å². The number of carbonyl (C=O) groups is 1. The van der Waals surface area contributed by atoms with Crippen molar-refractivity contribution in [1.82, 2.24) is 14.1 Å². The lowest BCUT2D eigenvalue weighted by molar-refractivity contribution is -0.160. The first-order valence-electron chi connectivity index (χ1n) is 10.4. The van der Waals surface area contributed by atoms with E-state index in [0.29, 0.717) is 19.7 Å². The zero-order chi connectivity index (χ0) is 21.7. The molecule has 2 heterocycles. The highest BCUT2D eigenvalue weighted by atomic mass is 35.5. The molecule has 2 fully saturated rings. The number of carbonyl (C=O) groups excluding carboxylic acids is 1. The molecule has 0 radical (unpaired) electrons. The summed E-state index contributed by atoms with van der Waals surface area (Å²) in [6, 6.07) is 6.32. The van der Waals surface area contributed by atoms with E-state index in [1.807, 2.05) is 0 Å². The molecule has 0 N–H and O–H groups in total. The molecule has 168 valence electrons. The summed E-state index contributed by atoms with van der Waals surface area (Å²) in [5.74, 6) is -0.197. The van der Waals surface area contributed by atoms with Crippen molar-refractivity contribution in [2.24, 2.45) is 0 Å². The van der Waals surface area contributed by atoms with E-state index in [1.165, 1.54) is 16.4 Å². The number of ether oxygens (including phenoxy) is 2. The molecular formula is C20H30ClN3O5S. The van der Waals surface area contributed by atoms with E-state index in [0.717, 1.165) is 19.6 Å². The molecule has 1 amide bonds. The molecule has 0 aromatic heterocycles. The Morgan fingerprint density at radius 2 is 1.93 bits per heavy atom. The van der Waals surface area contributed by atoms with Crippen molar-refractivity contribution in [1.29, 1.82) is 0 Å². The molecule has 2 aliphatic rings. The summed E-state index contributed by atoms with van der Waals surface area (Å²) >= 11 is 6.08. The number of morpholine rings is 1. The van der Waals surface area contributed by atoms with Crippen LogP contribution in [-0.2, 0) is 24.3 Å². The summed E-state index contributed by atoms with van der Waals surface area (Å²) in [6.07, 6.45) is -0.788. The van der Waals surface area contributed by atoms with Gasteiger partial charge in [-0.3, -0.25) is 4.79 Å². The van der Waals surface area contributed by atoms with Crippen LogP contribution in [0.1, 0.15) is 13.8 Å². The summed E-state index contributed by atoms with van der Waals surface area (Å²) in [5.41, 5.74) is 0. The minimum Gasteiger partial charge on any atom is -0.373 e. The second kappa shape index (κ2) is 10.4. The van der Waals surface area contributed by atoms with Gasteiger partial charge in [0.05, 0.1) is 24.3 Å². The molecule has 3 rings (SSSR count). The highest BCUT2D eigenvalue weighted by molar-refractivity contribution is 7.89. The molecule has 2 saturated heterocycles. The normalized spacial score (nSPS) is 21.1. The minimum absolute atomic E-state index is 0.0175. The number of likely N-dealkylation sites (N-methyl/N-ethyl adjacent to an activating group) is 1. The largest absolute Gasteiger partial charge is 0.373 e. The quantitative estimate of drug-likeness (QED) is 0.553. The number of amides is 1. The standard InChI is InChI=1S/C20H30ClN3O5S/c1-3-22(4-2)9-11-28-16-13-23(14-16)20(25)18-15-24(10-12-29-18)30(26,27)19-8-6-5-7-17(19)21/h5-8,16,18H,3-4,9-15H2,1-2H3/t18-/m1/s1. The number of halogens is 1. The summed E-state index contributed by atoms with van der Waals surface area (Å²) in [7, 11) is -3.79. The predicted molar refractivity (Wildman–Crippen MR) is 114 cm³/mol. The third-order valence-electron chi connectivity index (χ3n) is 5.57. The molecule has 0 bridgehead atoms. The van der Waals surface area contributed by atoms with Gasteiger partial charge in [-0.1, -0.05) is 37.6 Å². The summed E-state index contributed by atoms with van der Waals surface area (Å²) < 4.78 is 38.6. The van der Waals surface area contributed by atoms with Crippen molar-refractivity contribution >= 4 is 27.5 Å². The van der Waals surface area contributed by atoms with Gasteiger partial charge in [0.15, 0.2) is 0 Å². The monoisotopic (exact) mass is 459 g/mol. The second-order valence-corrected chi connectivity index (χ2v) is 9.73. The molecule has 30 heavy (non-hydrogen) atoms.